The van der Waals surface area contributed by atoms with Gasteiger partial charge in [-0.05, 0) is 82.3 Å². The van der Waals surface area contributed by atoms with E-state index in [1.54, 1.807) is 0 Å². The molecule has 0 fully saturated rings. The molecule has 0 atom stereocenters. The van der Waals surface area contributed by atoms with Gasteiger partial charge in [0.1, 0.15) is 0 Å². The first-order valence-electron chi connectivity index (χ1n) is 7.54. The van der Waals surface area contributed by atoms with Gasteiger partial charge in [-0.25, -0.2) is 0 Å². The van der Waals surface area contributed by atoms with Gasteiger partial charge in [0.2, 0.25) is 0 Å². The van der Waals surface area contributed by atoms with Crippen LogP contribution in [0.2, 0.25) is 0 Å². The summed E-state index contributed by atoms with van der Waals surface area (Å²) in [4.78, 5) is 9.70. The van der Waals surface area contributed by atoms with Crippen LogP contribution in [0.1, 0.15) is 26.7 Å². The van der Waals surface area contributed by atoms with Crippen LogP contribution in [0, 0.1) is 7.14 Å². The molecule has 25 heavy (non-hydrogen) atoms. The summed E-state index contributed by atoms with van der Waals surface area (Å²) in [6.45, 7) is 4.27. The topological polar surface area (TPSA) is 24.7 Å². The Balaban J connectivity index is 0.000000970. The molecule has 0 spiro atoms. The maximum atomic E-state index is 4.85. The summed E-state index contributed by atoms with van der Waals surface area (Å²) in [7, 11) is 1.25. The van der Waals surface area contributed by atoms with Crippen LogP contribution in [0.3, 0.4) is 0 Å². The van der Waals surface area contributed by atoms with Crippen LogP contribution < -0.4 is 0 Å². The van der Waals surface area contributed by atoms with Crippen LogP contribution in [0.4, 0.5) is 11.4 Å². The SMILES string of the molecule is CCC(=Nc1ccccc1I)C(CC)=Nc1ccccc1I.[Br][Ni][Br]. The van der Waals surface area contributed by atoms with Gasteiger partial charge in [0.25, 0.3) is 0 Å². The standard InChI is InChI=1S/C18H18I2N2.2BrH.Ni/c1-3-15(21-17-11-7-5-9-13(17)19)16(4-2)22-18-12-8-6-10-14(18)20;;;/h5-12H,3-4H2,1-2H3;2*1H;/q;;;+2/p-2. The van der Waals surface area contributed by atoms with Crippen LogP contribution in [-0.2, 0) is 10.9 Å². The van der Waals surface area contributed by atoms with Gasteiger partial charge in [-0.15, -0.1) is 0 Å². The Kier molecular flexibility index (Phi) is 13.1. The molecule has 0 aliphatic rings. The number of hydrogen-bond acceptors (Lipinski definition) is 2. The van der Waals surface area contributed by atoms with Gasteiger partial charge in [-0.3, -0.25) is 9.98 Å². The van der Waals surface area contributed by atoms with E-state index in [-0.39, 0.29) is 0 Å². The van der Waals surface area contributed by atoms with Crippen LogP contribution >= 0.6 is 73.6 Å². The average Bonchev–Trinajstić information content (AvgIpc) is 2.61. The summed E-state index contributed by atoms with van der Waals surface area (Å²) < 4.78 is 2.33. The van der Waals surface area contributed by atoms with Crippen molar-refractivity contribution < 1.29 is 10.9 Å². The second-order valence-corrected chi connectivity index (χ2v) is 12.1. The molecule has 0 amide bonds. The van der Waals surface area contributed by atoms with E-state index in [9.17, 15) is 0 Å². The first-order valence-corrected chi connectivity index (χ1v) is 14.6. The van der Waals surface area contributed by atoms with E-state index in [1.807, 2.05) is 24.3 Å². The predicted octanol–water partition coefficient (Wildman–Crippen LogP) is 8.25. The van der Waals surface area contributed by atoms with Gasteiger partial charge in [0, 0.05) is 7.14 Å². The summed E-state index contributed by atoms with van der Waals surface area (Å²) in [5.74, 6) is 0. The average molecular weight is 735 g/mol. The predicted molar refractivity (Wildman–Crippen MR) is 131 cm³/mol. The summed E-state index contributed by atoms with van der Waals surface area (Å²) in [6, 6.07) is 16.4. The fraction of sp³-hybridized carbons (Fsp3) is 0.222. The molecule has 2 aromatic carbocycles. The van der Waals surface area contributed by atoms with E-state index < -0.39 is 0 Å². The van der Waals surface area contributed by atoms with E-state index >= 15 is 0 Å². The molecule has 0 N–H and O–H groups in total. The molecule has 0 aliphatic carbocycles. The molecule has 138 valence electrons. The van der Waals surface area contributed by atoms with Gasteiger partial charge in [0.05, 0.1) is 22.8 Å². The summed E-state index contributed by atoms with van der Waals surface area (Å²) in [6.07, 6.45) is 1.75. The Labute approximate surface area is 197 Å². The van der Waals surface area contributed by atoms with Crippen LogP contribution in [0.5, 0.6) is 0 Å². The third-order valence-corrected chi connectivity index (χ3v) is 5.04. The molecule has 2 aromatic rings. The third kappa shape index (κ3) is 8.49. The zero-order chi connectivity index (χ0) is 18.7. The fourth-order valence-corrected chi connectivity index (χ4v) is 3.09. The minimum absolute atomic E-state index is 0.876. The Bertz CT molecular complexity index is 675. The molecular formula is C18H18Br2I2N2Ni. The number of hydrogen-bond donors (Lipinski definition) is 0. The number of rotatable bonds is 5. The van der Waals surface area contributed by atoms with E-state index in [0.717, 1.165) is 42.8 Å². The van der Waals surface area contributed by atoms with Crippen molar-refractivity contribution in [2.45, 2.75) is 26.7 Å². The maximum absolute atomic E-state index is 4.85. The van der Waals surface area contributed by atoms with Crippen molar-refractivity contribution in [3.8, 4) is 0 Å². The Morgan fingerprint density at radius 1 is 0.800 bits per heavy atom. The molecule has 0 radical (unpaired) electrons. The van der Waals surface area contributed by atoms with E-state index in [4.69, 9.17) is 9.98 Å². The Morgan fingerprint density at radius 2 is 1.12 bits per heavy atom. The summed E-state index contributed by atoms with van der Waals surface area (Å²) >= 11 is 10.7. The minimum atomic E-state index is 0.876. The second-order valence-electron chi connectivity index (χ2n) is 4.77. The van der Waals surface area contributed by atoms with Crippen LogP contribution in [-0.4, -0.2) is 11.4 Å². The molecule has 0 bridgehead atoms. The van der Waals surface area contributed by atoms with E-state index in [1.165, 1.54) is 10.9 Å². The summed E-state index contributed by atoms with van der Waals surface area (Å²) in [5, 5.41) is 0. The van der Waals surface area contributed by atoms with Crippen LogP contribution in [0.25, 0.3) is 0 Å². The molecule has 0 unspecified atom stereocenters. The molecule has 2 nitrogen and oxygen atoms in total. The molecule has 2 rings (SSSR count). The molecule has 0 saturated carbocycles. The van der Waals surface area contributed by atoms with E-state index in [2.05, 4.69) is 112 Å². The molecule has 0 aromatic heterocycles. The molecule has 0 heterocycles. The van der Waals surface area contributed by atoms with Crippen molar-refractivity contribution in [1.82, 2.24) is 0 Å². The number of nitrogens with zero attached hydrogens (tertiary/aromatic N) is 2. The monoisotopic (exact) mass is 732 g/mol. The van der Waals surface area contributed by atoms with Crippen LogP contribution in [0.15, 0.2) is 58.5 Å². The van der Waals surface area contributed by atoms with Gasteiger partial charge < -0.3 is 0 Å². The summed E-state index contributed by atoms with van der Waals surface area (Å²) in [5.41, 5.74) is 4.16. The first-order chi connectivity index (χ1) is 12.1. The van der Waals surface area contributed by atoms with Gasteiger partial charge >= 0.3 is 39.3 Å². The number of aliphatic imine (C=N–C) groups is 2. The molecular weight excluding hydrogens is 717 g/mol. The molecule has 7 heteroatoms. The number of para-hydroxylation sites is 2. The van der Waals surface area contributed by atoms with Gasteiger partial charge in [-0.1, -0.05) is 38.1 Å². The normalized spacial score (nSPS) is 11.9. The van der Waals surface area contributed by atoms with Gasteiger partial charge in [-0.2, -0.15) is 0 Å². The zero-order valence-electron chi connectivity index (χ0n) is 13.8. The van der Waals surface area contributed by atoms with Gasteiger partial charge in [0.15, 0.2) is 0 Å². The van der Waals surface area contributed by atoms with Crippen molar-refractivity contribution in [2.24, 2.45) is 9.98 Å². The first kappa shape index (κ1) is 23.7. The third-order valence-electron chi connectivity index (χ3n) is 3.22. The number of benzene rings is 2. The molecule has 0 aliphatic heterocycles. The van der Waals surface area contributed by atoms with Crippen molar-refractivity contribution in [2.75, 3.05) is 0 Å². The van der Waals surface area contributed by atoms with Crippen molar-refractivity contribution in [3.63, 3.8) is 0 Å². The van der Waals surface area contributed by atoms with Crippen molar-refractivity contribution in [1.29, 1.82) is 0 Å². The quantitative estimate of drug-likeness (QED) is 0.168. The van der Waals surface area contributed by atoms with Crippen molar-refractivity contribution in [3.05, 3.63) is 55.7 Å². The van der Waals surface area contributed by atoms with Crippen molar-refractivity contribution >= 4 is 96.4 Å². The second kappa shape index (κ2) is 13.8. The Morgan fingerprint density at radius 3 is 1.40 bits per heavy atom. The number of halogens is 4. The zero-order valence-corrected chi connectivity index (χ0v) is 22.2. The molecule has 0 saturated heterocycles. The Hall–Kier alpha value is 0.694. The van der Waals surface area contributed by atoms with E-state index in [0.29, 0.717) is 0 Å². The fourth-order valence-electron chi connectivity index (χ4n) is 2.07.